The minimum absolute atomic E-state index is 0.00352. The van der Waals surface area contributed by atoms with Gasteiger partial charge in [-0.15, -0.1) is 0 Å². The number of aromatic nitrogens is 2. The van der Waals surface area contributed by atoms with Gasteiger partial charge in [0.05, 0.1) is 52.6 Å². The molecular weight excluding hydrogens is 1150 g/mol. The second-order valence-electron chi connectivity index (χ2n) is 29.3. The molecule has 1 heterocycles. The van der Waals surface area contributed by atoms with Crippen molar-refractivity contribution in [2.24, 2.45) is 127 Å². The normalized spacial score (nSPS) is 38.1. The van der Waals surface area contributed by atoms with Crippen molar-refractivity contribution in [3.05, 3.63) is 53.3 Å². The van der Waals surface area contributed by atoms with Gasteiger partial charge < -0.3 is 58.8 Å². The van der Waals surface area contributed by atoms with Crippen LogP contribution in [0.25, 0.3) is 0 Å². The summed E-state index contributed by atoms with van der Waals surface area (Å²) < 4.78 is 1.93. The zero-order chi connectivity index (χ0) is 68.0. The van der Waals surface area contributed by atoms with Gasteiger partial charge in [-0.3, -0.25) is 4.68 Å². The molecule has 22 unspecified atom stereocenters. The fraction of sp³-hybridized carbons (Fsp3) is 0.750. The molecule has 2 aromatic rings. The zero-order valence-electron chi connectivity index (χ0n) is 55.6. The van der Waals surface area contributed by atoms with Gasteiger partial charge in [0.2, 0.25) is 0 Å². The predicted octanol–water partition coefficient (Wildman–Crippen LogP) is 10.6. The monoisotopic (exact) mass is 1250 g/mol. The molecule has 2 aliphatic carbocycles. The molecule has 0 saturated heterocycles. The van der Waals surface area contributed by atoms with E-state index < -0.39 is 142 Å². The zero-order valence-corrected chi connectivity index (χ0v) is 55.6. The van der Waals surface area contributed by atoms with Crippen molar-refractivity contribution in [3.8, 4) is 0 Å². The molecular formula is C68H106N10O12. The summed E-state index contributed by atoms with van der Waals surface area (Å²) in [6.45, 7) is 23.7. The maximum absolute atomic E-state index is 14.7. The number of aldehydes is 8. The highest BCUT2D eigenvalue weighted by atomic mass is 16.3. The molecule has 0 aliphatic heterocycles. The second-order valence-corrected chi connectivity index (χ2v) is 29.3. The minimum Gasteiger partial charge on any atom is -0.392 e. The van der Waals surface area contributed by atoms with Gasteiger partial charge in [-0.25, -0.2) is 22.1 Å². The summed E-state index contributed by atoms with van der Waals surface area (Å²) in [7, 11) is 0. The fourth-order valence-corrected chi connectivity index (χ4v) is 15.9. The minimum atomic E-state index is -2.40. The van der Waals surface area contributed by atoms with Crippen LogP contribution in [0.2, 0.25) is 0 Å². The van der Waals surface area contributed by atoms with Crippen LogP contribution in [0.1, 0.15) is 171 Å². The Morgan fingerprint density at radius 1 is 0.522 bits per heavy atom. The molecule has 8 N–H and O–H groups in total. The number of nitrogens with zero attached hydrogens (tertiary/aromatic N) is 6. The summed E-state index contributed by atoms with van der Waals surface area (Å²) in [4.78, 5) is 112. The molecule has 0 amide bonds. The van der Waals surface area contributed by atoms with Crippen LogP contribution >= 0.6 is 0 Å². The molecule has 22 atom stereocenters. The average molecular weight is 1260 g/mol. The molecule has 2 fully saturated rings. The number of rotatable bonds is 25. The number of hydrogen-bond donors (Lipinski definition) is 8. The summed E-state index contributed by atoms with van der Waals surface area (Å²) >= 11 is 0. The Labute approximate surface area is 532 Å². The lowest BCUT2D eigenvalue weighted by atomic mass is 9.54. The van der Waals surface area contributed by atoms with E-state index in [4.69, 9.17) is 22.1 Å². The summed E-state index contributed by atoms with van der Waals surface area (Å²) in [6, 6.07) is 9.26. The van der Waals surface area contributed by atoms with Crippen LogP contribution < -0.4 is 0 Å². The fourth-order valence-electron chi connectivity index (χ4n) is 15.9. The first-order valence-corrected chi connectivity index (χ1v) is 32.3. The number of carbonyl (C=O) groups is 8. The highest BCUT2D eigenvalue weighted by Gasteiger charge is 2.61. The molecule has 0 bridgehead atoms. The van der Waals surface area contributed by atoms with Crippen LogP contribution in [-0.4, -0.2) is 127 Å². The van der Waals surface area contributed by atoms with Crippen molar-refractivity contribution in [2.45, 2.75) is 213 Å². The van der Waals surface area contributed by atoms with E-state index in [2.05, 4.69) is 25.6 Å². The Morgan fingerprint density at radius 3 is 1.27 bits per heavy atom. The summed E-state index contributed by atoms with van der Waals surface area (Å²) in [5.74, 6) is -20.7. The van der Waals surface area contributed by atoms with Crippen molar-refractivity contribution in [1.29, 1.82) is 22.1 Å². The van der Waals surface area contributed by atoms with E-state index in [0.29, 0.717) is 68.3 Å². The second kappa shape index (κ2) is 32.5. The molecule has 4 rings (SSSR count). The van der Waals surface area contributed by atoms with Crippen LogP contribution in [0.4, 0.5) is 0 Å². The lowest BCUT2D eigenvalue weighted by Gasteiger charge is -2.52. The summed E-state index contributed by atoms with van der Waals surface area (Å²) in [5, 5.41) is 73.3. The van der Waals surface area contributed by atoms with Gasteiger partial charge in [0, 0.05) is 71.6 Å². The largest absolute Gasteiger partial charge is 0.392 e. The number of aliphatic hydroxyl groups is 4. The van der Waals surface area contributed by atoms with Gasteiger partial charge in [0.1, 0.15) is 50.3 Å². The third kappa shape index (κ3) is 16.3. The first-order valence-electron chi connectivity index (χ1n) is 32.3. The number of aliphatic hydroxyl groups excluding tert-OH is 3. The summed E-state index contributed by atoms with van der Waals surface area (Å²) in [6.07, 6.45) is 0.806. The standard InChI is InChI=1S/C68H106N10O12/c1-39(2)23-53-50(33-81)62(88)28-49(32-80)65(12,75-70)56(26-42(7)8)59(38-86)68(90,29-45-15-17-46(18-16-45)30-78-60(21-22-73-78)47-19-20-47)44(10)58(37-85)67(14,77-72)54(24-40(3)4)51(34-82)61(87)27-48(31-79)64(11,74-69)55(25-41(5)6)52(35-83)63(89)43(9)57(36-84)66(53,13)76-71/h15-18,21-22,31-44,47-59,61-63,69-72,87-90H,19-20,23-30H2,1-14H3. The third-order valence-electron chi connectivity index (χ3n) is 21.7. The Kier molecular flexibility index (Phi) is 27.7. The predicted molar refractivity (Wildman–Crippen MR) is 336 cm³/mol. The first kappa shape index (κ1) is 76.5. The quantitative estimate of drug-likeness (QED) is 0.0339. The maximum atomic E-state index is 14.7. The number of carbonyl (C=O) groups excluding carboxylic acids is 8. The SMILES string of the molecule is CC(C)CC1C(C=O)C(O)C(C)C(C=O)C(C)(N=N)C(CC(C)C)C(C=O)C(O)CC(C=O)C(C)(N=N)C(CC(C)C)C(C=O)C(O)(Cc2ccc(Cn3nccc3C3CC3)cc2)C(C)C(C=O)C(C)(N=N)C(CC(C)C)C(C=O)C(O)CC(C=O)C1(C)N=N. The van der Waals surface area contributed by atoms with E-state index in [-0.39, 0.29) is 55.8 Å². The number of hydrogen-bond acceptors (Lipinski definition) is 21. The van der Waals surface area contributed by atoms with E-state index in [1.54, 1.807) is 18.3 Å². The molecule has 500 valence electrons. The highest BCUT2D eigenvalue weighted by Crippen LogP contribution is 2.53. The lowest BCUT2D eigenvalue weighted by Crippen LogP contribution is -2.61. The van der Waals surface area contributed by atoms with Crippen molar-refractivity contribution >= 4 is 50.3 Å². The van der Waals surface area contributed by atoms with E-state index in [1.165, 1.54) is 41.5 Å². The van der Waals surface area contributed by atoms with E-state index in [0.717, 1.165) is 24.1 Å². The topological polar surface area (TPSA) is 380 Å². The van der Waals surface area contributed by atoms with Gasteiger partial charge in [-0.2, -0.15) is 25.6 Å². The molecule has 22 heteroatoms. The van der Waals surface area contributed by atoms with Crippen LogP contribution in [0.15, 0.2) is 57.0 Å². The molecule has 1 aromatic heterocycles. The Bertz CT molecular complexity index is 2760. The Hall–Kier alpha value is -5.97. The average Bonchev–Trinajstić information content (AvgIpc) is 1.19. The van der Waals surface area contributed by atoms with Gasteiger partial charge in [0.15, 0.2) is 0 Å². The van der Waals surface area contributed by atoms with Crippen LogP contribution in [0, 0.1) is 129 Å². The number of nitrogens with one attached hydrogen (secondary N) is 4. The molecule has 1 aromatic carbocycles. The van der Waals surface area contributed by atoms with Crippen molar-refractivity contribution in [2.75, 3.05) is 0 Å². The van der Waals surface area contributed by atoms with Gasteiger partial charge in [-0.05, 0) is 155 Å². The molecule has 0 radical (unpaired) electrons. The third-order valence-corrected chi connectivity index (χ3v) is 21.7. The Balaban J connectivity index is 2.22. The van der Waals surface area contributed by atoms with Crippen molar-refractivity contribution in [1.82, 2.24) is 9.78 Å². The first-order chi connectivity index (χ1) is 42.3. The molecule has 2 saturated carbocycles. The van der Waals surface area contributed by atoms with Crippen molar-refractivity contribution < 1.29 is 58.8 Å². The van der Waals surface area contributed by atoms with E-state index in [9.17, 15) is 58.8 Å². The smallest absolute Gasteiger partial charge is 0.126 e. The van der Waals surface area contributed by atoms with Crippen molar-refractivity contribution in [3.63, 3.8) is 0 Å². The van der Waals surface area contributed by atoms with E-state index >= 15 is 0 Å². The van der Waals surface area contributed by atoms with Crippen LogP contribution in [-0.2, 0) is 51.3 Å². The van der Waals surface area contributed by atoms with Crippen LogP contribution in [0.3, 0.4) is 0 Å². The van der Waals surface area contributed by atoms with Crippen LogP contribution in [0.5, 0.6) is 0 Å². The van der Waals surface area contributed by atoms with E-state index in [1.807, 2.05) is 78.3 Å². The molecule has 2 aliphatic rings. The van der Waals surface area contributed by atoms with Gasteiger partial charge >= 0.3 is 0 Å². The number of benzene rings is 1. The molecule has 90 heavy (non-hydrogen) atoms. The van der Waals surface area contributed by atoms with Gasteiger partial charge in [-0.1, -0.05) is 93.5 Å². The van der Waals surface area contributed by atoms with Gasteiger partial charge in [0.25, 0.3) is 0 Å². The summed E-state index contributed by atoms with van der Waals surface area (Å²) in [5.41, 5.74) is 28.0. The highest BCUT2D eigenvalue weighted by molar-refractivity contribution is 5.65. The Morgan fingerprint density at radius 2 is 0.900 bits per heavy atom. The molecule has 22 nitrogen and oxygen atoms in total. The molecule has 0 spiro atoms. The lowest BCUT2D eigenvalue weighted by molar-refractivity contribution is -0.153. The maximum Gasteiger partial charge on any atom is 0.126 e.